The van der Waals surface area contributed by atoms with Crippen LogP contribution in [0.2, 0.25) is 0 Å². The lowest BCUT2D eigenvalue weighted by molar-refractivity contribution is 1.72. The largest absolute Gasteiger partial charge is 0.111 e. The molecule has 0 bridgehead atoms. The zero-order valence-electron chi connectivity index (χ0n) is 6.25. The molecule has 10 heavy (non-hydrogen) atoms. The van der Waals surface area contributed by atoms with Crippen molar-refractivity contribution < 1.29 is 0 Å². The number of hydrogen-bond acceptors (Lipinski definition) is 0. The molecule has 0 aliphatic carbocycles. The van der Waals surface area contributed by atoms with Crippen molar-refractivity contribution in [2.24, 2.45) is 0 Å². The van der Waals surface area contributed by atoms with E-state index in [0.29, 0.717) is 0 Å². The lowest BCUT2D eigenvalue weighted by Crippen LogP contribution is -1.47. The summed E-state index contributed by atoms with van der Waals surface area (Å²) in [6, 6.07) is 12.0. The molecule has 0 fully saturated rings. The van der Waals surface area contributed by atoms with Gasteiger partial charge in [-0.05, 0) is 6.92 Å². The van der Waals surface area contributed by atoms with Crippen LogP contribution in [0.25, 0.3) is 0 Å². The highest BCUT2D eigenvalue weighted by atomic mass is 31.0. The molecule has 0 nitrogen and oxygen atoms in total. The van der Waals surface area contributed by atoms with Crippen molar-refractivity contribution in [3.8, 4) is 0 Å². The van der Waals surface area contributed by atoms with E-state index >= 15 is 0 Å². The fourth-order valence-corrected chi connectivity index (χ4v) is 0.385. The van der Waals surface area contributed by atoms with Gasteiger partial charge in [-0.1, -0.05) is 48.3 Å². The quantitative estimate of drug-likeness (QED) is 0.501. The zero-order valence-corrected chi connectivity index (χ0v) is 7.40. The second kappa shape index (κ2) is 6.51. The van der Waals surface area contributed by atoms with Gasteiger partial charge in [0.1, 0.15) is 0 Å². The third kappa shape index (κ3) is 10.4. The number of allylic oxidation sites excluding steroid dienone is 1. The van der Waals surface area contributed by atoms with Crippen LogP contribution in [0, 0.1) is 0 Å². The summed E-state index contributed by atoms with van der Waals surface area (Å²) in [6.07, 6.45) is 0. The van der Waals surface area contributed by atoms with Crippen LogP contribution in [0.1, 0.15) is 6.92 Å². The van der Waals surface area contributed by atoms with Crippen LogP contribution in [-0.2, 0) is 0 Å². The van der Waals surface area contributed by atoms with Gasteiger partial charge in [-0.3, -0.25) is 0 Å². The first-order valence-electron chi connectivity index (χ1n) is 3.14. The van der Waals surface area contributed by atoms with Crippen molar-refractivity contribution in [2.45, 2.75) is 6.92 Å². The predicted molar refractivity (Wildman–Crippen MR) is 51.0 cm³/mol. The number of rotatable bonds is 0. The van der Waals surface area contributed by atoms with E-state index in [0.717, 1.165) is 5.31 Å². The van der Waals surface area contributed by atoms with Crippen molar-refractivity contribution in [1.29, 1.82) is 0 Å². The summed E-state index contributed by atoms with van der Waals surface area (Å²) in [4.78, 5) is 0. The second-order valence-electron chi connectivity index (χ2n) is 2.00. The molecule has 0 saturated heterocycles. The van der Waals surface area contributed by atoms with Crippen molar-refractivity contribution in [3.05, 3.63) is 48.3 Å². The summed E-state index contributed by atoms with van der Waals surface area (Å²) in [5.74, 6) is 0. The van der Waals surface area contributed by atoms with Gasteiger partial charge in [-0.25, -0.2) is 0 Å². The van der Waals surface area contributed by atoms with Crippen molar-refractivity contribution in [2.75, 3.05) is 0 Å². The van der Waals surface area contributed by atoms with E-state index in [4.69, 9.17) is 0 Å². The molecule has 54 valence electrons. The molecule has 1 rings (SSSR count). The maximum atomic E-state index is 3.52. The van der Waals surface area contributed by atoms with Crippen LogP contribution in [-0.4, -0.2) is 0 Å². The first kappa shape index (κ1) is 9.39. The van der Waals surface area contributed by atoms with Gasteiger partial charge in [-0.2, -0.15) is 0 Å². The van der Waals surface area contributed by atoms with E-state index in [1.165, 1.54) is 0 Å². The number of hydrogen-bond donors (Lipinski definition) is 0. The molecule has 1 heteroatoms. The topological polar surface area (TPSA) is 0 Å². The minimum absolute atomic E-state index is 1.08. The minimum atomic E-state index is 1.08. The highest BCUT2D eigenvalue weighted by Gasteiger charge is 1.57. The summed E-state index contributed by atoms with van der Waals surface area (Å²) in [5.41, 5.74) is 0. The van der Waals surface area contributed by atoms with Crippen LogP contribution in [0.5, 0.6) is 0 Å². The highest BCUT2D eigenvalue weighted by Crippen LogP contribution is 1.93. The first-order valence-corrected chi connectivity index (χ1v) is 3.72. The Morgan fingerprint density at radius 3 is 1.20 bits per heavy atom. The average molecular weight is 152 g/mol. The highest BCUT2D eigenvalue weighted by molar-refractivity contribution is 7.22. The van der Waals surface area contributed by atoms with Gasteiger partial charge >= 0.3 is 0 Å². The van der Waals surface area contributed by atoms with E-state index < -0.39 is 0 Å². The monoisotopic (exact) mass is 152 g/mol. The first-order chi connectivity index (χ1) is 4.73. The molecule has 0 heterocycles. The maximum Gasteiger partial charge on any atom is -0.0404 e. The Morgan fingerprint density at radius 1 is 1.00 bits per heavy atom. The summed E-state index contributed by atoms with van der Waals surface area (Å²) in [5, 5.41) is 1.08. The summed E-state index contributed by atoms with van der Waals surface area (Å²) < 4.78 is 0. The summed E-state index contributed by atoms with van der Waals surface area (Å²) in [6.45, 7) is 5.45. The molecule has 0 aromatic heterocycles. The normalized spacial score (nSPS) is 7.40. The Bertz CT molecular complexity index is 137. The second-order valence-corrected chi connectivity index (χ2v) is 2.99. The molecule has 0 aliphatic heterocycles. The Balaban J connectivity index is 0.000000180. The Kier molecular flexibility index (Phi) is 6.11. The molecule has 0 N–H and O–H groups in total. The predicted octanol–water partition coefficient (Wildman–Crippen LogP) is 3.08. The standard InChI is InChI=1S/C6H6.C3H7P/c1-2-4-6-5-3-1;1-3(2)4/h1-6H;1,4H2,2H3. The fraction of sp³-hybridized carbons (Fsp3) is 0.111. The smallest absolute Gasteiger partial charge is 0.0404 e. The molecular formula is C9H13P. The van der Waals surface area contributed by atoms with Crippen molar-refractivity contribution >= 4 is 9.24 Å². The Morgan fingerprint density at radius 2 is 1.10 bits per heavy atom. The van der Waals surface area contributed by atoms with Crippen LogP contribution in [0.4, 0.5) is 0 Å². The van der Waals surface area contributed by atoms with Gasteiger partial charge in [0, 0.05) is 0 Å². The molecule has 1 atom stereocenters. The lowest BCUT2D eigenvalue weighted by atomic mass is 10.4. The third-order valence-corrected chi connectivity index (χ3v) is 0.667. The molecule has 1 aromatic rings. The Hall–Kier alpha value is -0.610. The summed E-state index contributed by atoms with van der Waals surface area (Å²) in [7, 11) is 2.46. The molecule has 0 amide bonds. The Labute approximate surface area is 65.2 Å². The van der Waals surface area contributed by atoms with E-state index in [1.807, 2.05) is 43.3 Å². The SMILES string of the molecule is C=C(C)P.c1ccccc1. The molecule has 0 spiro atoms. The molecular weight excluding hydrogens is 139 g/mol. The van der Waals surface area contributed by atoms with Gasteiger partial charge in [0.2, 0.25) is 0 Å². The minimum Gasteiger partial charge on any atom is -0.111 e. The average Bonchev–Trinajstić information content (AvgIpc) is 1.90. The van der Waals surface area contributed by atoms with Gasteiger partial charge in [0.15, 0.2) is 0 Å². The molecule has 1 unspecified atom stereocenters. The van der Waals surface area contributed by atoms with Crippen LogP contribution < -0.4 is 0 Å². The van der Waals surface area contributed by atoms with Gasteiger partial charge in [0.25, 0.3) is 0 Å². The van der Waals surface area contributed by atoms with Gasteiger partial charge < -0.3 is 0 Å². The molecule has 0 aliphatic rings. The van der Waals surface area contributed by atoms with Crippen LogP contribution in [0.3, 0.4) is 0 Å². The van der Waals surface area contributed by atoms with Gasteiger partial charge in [-0.15, -0.1) is 9.24 Å². The maximum absolute atomic E-state index is 3.52. The van der Waals surface area contributed by atoms with E-state index in [2.05, 4.69) is 15.8 Å². The third-order valence-electron chi connectivity index (χ3n) is 0.667. The van der Waals surface area contributed by atoms with Gasteiger partial charge in [0.05, 0.1) is 0 Å². The van der Waals surface area contributed by atoms with E-state index in [-0.39, 0.29) is 0 Å². The zero-order chi connectivity index (χ0) is 7.82. The van der Waals surface area contributed by atoms with Crippen molar-refractivity contribution in [3.63, 3.8) is 0 Å². The molecule has 1 aromatic carbocycles. The van der Waals surface area contributed by atoms with Crippen LogP contribution in [0.15, 0.2) is 48.3 Å². The van der Waals surface area contributed by atoms with E-state index in [9.17, 15) is 0 Å². The van der Waals surface area contributed by atoms with E-state index in [1.54, 1.807) is 0 Å². The molecule has 0 saturated carbocycles. The lowest BCUT2D eigenvalue weighted by Gasteiger charge is -1.69. The fourth-order valence-electron chi connectivity index (χ4n) is 0.385. The number of benzene rings is 1. The molecule has 0 radical (unpaired) electrons. The van der Waals surface area contributed by atoms with Crippen LogP contribution >= 0.6 is 9.24 Å². The summed E-state index contributed by atoms with van der Waals surface area (Å²) >= 11 is 0. The van der Waals surface area contributed by atoms with Crippen molar-refractivity contribution in [1.82, 2.24) is 0 Å².